The molecule has 0 unspecified atom stereocenters. The zero-order chi connectivity index (χ0) is 12.5. The highest BCUT2D eigenvalue weighted by Gasteiger charge is 2.55. The van der Waals surface area contributed by atoms with Gasteiger partial charge < -0.3 is 23.7 Å². The van der Waals surface area contributed by atoms with Crippen molar-refractivity contribution < 1.29 is 23.7 Å². The molecule has 0 aliphatic carbocycles. The first-order valence-electron chi connectivity index (χ1n) is 5.80. The lowest BCUT2D eigenvalue weighted by atomic mass is 10.1. The van der Waals surface area contributed by atoms with Crippen LogP contribution in [0.1, 0.15) is 13.8 Å². The maximum absolute atomic E-state index is 5.80. The number of hydrogen-bond donors (Lipinski definition) is 0. The van der Waals surface area contributed by atoms with Crippen LogP contribution in [0, 0.1) is 0 Å². The van der Waals surface area contributed by atoms with Gasteiger partial charge in [0.15, 0.2) is 12.1 Å². The van der Waals surface area contributed by atoms with E-state index < -0.39 is 5.79 Å². The van der Waals surface area contributed by atoms with Crippen LogP contribution in [0.4, 0.5) is 0 Å². The van der Waals surface area contributed by atoms with Crippen LogP contribution >= 0.6 is 0 Å². The van der Waals surface area contributed by atoms with Crippen LogP contribution in [0.2, 0.25) is 0 Å². The molecular weight excluding hydrogens is 224 g/mol. The Hall–Kier alpha value is -0.460. The van der Waals surface area contributed by atoms with Crippen LogP contribution in [-0.2, 0) is 23.7 Å². The molecule has 0 spiro atoms. The zero-order valence-corrected chi connectivity index (χ0v) is 10.5. The molecule has 0 aromatic heterocycles. The molecule has 0 radical (unpaired) electrons. The SMILES string of the molecule is C=CCO[C@H]1[C@H]2OC(C)(C)O[C@H]2O[C@@H]1COC. The van der Waals surface area contributed by atoms with Gasteiger partial charge in [0, 0.05) is 7.11 Å². The molecule has 2 rings (SSSR count). The molecule has 2 aliphatic heterocycles. The van der Waals surface area contributed by atoms with Gasteiger partial charge in [-0.25, -0.2) is 0 Å². The summed E-state index contributed by atoms with van der Waals surface area (Å²) in [6, 6.07) is 0. The highest BCUT2D eigenvalue weighted by molar-refractivity contribution is 4.94. The second kappa shape index (κ2) is 5.04. The average molecular weight is 244 g/mol. The van der Waals surface area contributed by atoms with E-state index in [2.05, 4.69) is 6.58 Å². The molecule has 2 heterocycles. The van der Waals surface area contributed by atoms with Crippen molar-refractivity contribution in [3.05, 3.63) is 12.7 Å². The Balaban J connectivity index is 2.03. The summed E-state index contributed by atoms with van der Waals surface area (Å²) in [6.45, 7) is 8.29. The predicted molar refractivity (Wildman–Crippen MR) is 60.5 cm³/mol. The molecule has 0 N–H and O–H groups in total. The molecule has 4 atom stereocenters. The summed E-state index contributed by atoms with van der Waals surface area (Å²) >= 11 is 0. The van der Waals surface area contributed by atoms with E-state index in [-0.39, 0.29) is 24.6 Å². The summed E-state index contributed by atoms with van der Waals surface area (Å²) in [4.78, 5) is 0. The van der Waals surface area contributed by atoms with Crippen LogP contribution in [0.15, 0.2) is 12.7 Å². The fourth-order valence-corrected chi connectivity index (χ4v) is 2.23. The molecule has 2 aliphatic rings. The summed E-state index contributed by atoms with van der Waals surface area (Å²) in [5.74, 6) is -0.622. The largest absolute Gasteiger partial charge is 0.382 e. The van der Waals surface area contributed by atoms with E-state index in [0.29, 0.717) is 13.2 Å². The fraction of sp³-hybridized carbons (Fsp3) is 0.833. The van der Waals surface area contributed by atoms with E-state index in [1.807, 2.05) is 13.8 Å². The van der Waals surface area contributed by atoms with Crippen LogP contribution in [0.3, 0.4) is 0 Å². The third-order valence-electron chi connectivity index (χ3n) is 2.82. The van der Waals surface area contributed by atoms with Crippen molar-refractivity contribution in [2.45, 2.75) is 44.2 Å². The molecule has 5 nitrogen and oxygen atoms in total. The molecule has 0 aromatic carbocycles. The minimum absolute atomic E-state index is 0.161. The maximum atomic E-state index is 5.80. The maximum Gasteiger partial charge on any atom is 0.190 e. The van der Waals surface area contributed by atoms with Gasteiger partial charge in [0.2, 0.25) is 0 Å². The second-order valence-corrected chi connectivity index (χ2v) is 4.69. The van der Waals surface area contributed by atoms with Gasteiger partial charge in [0.1, 0.15) is 18.3 Å². The van der Waals surface area contributed by atoms with Gasteiger partial charge in [-0.15, -0.1) is 6.58 Å². The van der Waals surface area contributed by atoms with Crippen molar-refractivity contribution in [1.29, 1.82) is 0 Å². The predicted octanol–water partition coefficient (Wildman–Crippen LogP) is 1.08. The highest BCUT2D eigenvalue weighted by atomic mass is 16.8. The standard InChI is InChI=1S/C12H20O5/c1-5-6-14-9-8(7-13-4)15-11-10(9)16-12(2,3)17-11/h5,8-11H,1,6-7H2,2-4H3/t8-,9-,10-,11-/m1/s1. The molecular formula is C12H20O5. The Morgan fingerprint density at radius 2 is 2.12 bits per heavy atom. The Kier molecular flexibility index (Phi) is 3.85. The van der Waals surface area contributed by atoms with Gasteiger partial charge >= 0.3 is 0 Å². The van der Waals surface area contributed by atoms with E-state index >= 15 is 0 Å². The smallest absolute Gasteiger partial charge is 0.190 e. The molecule has 2 fully saturated rings. The second-order valence-electron chi connectivity index (χ2n) is 4.69. The molecule has 0 saturated carbocycles. The van der Waals surface area contributed by atoms with E-state index in [1.165, 1.54) is 0 Å². The lowest BCUT2D eigenvalue weighted by Gasteiger charge is -2.25. The Bertz CT molecular complexity index is 278. The summed E-state index contributed by atoms with van der Waals surface area (Å²) in [6.07, 6.45) is 0.786. The molecule has 0 aromatic rings. The first-order valence-corrected chi connectivity index (χ1v) is 5.80. The van der Waals surface area contributed by atoms with Gasteiger partial charge in [0.05, 0.1) is 13.2 Å². The van der Waals surface area contributed by atoms with Gasteiger partial charge in [-0.3, -0.25) is 0 Å². The van der Waals surface area contributed by atoms with Gasteiger partial charge in [-0.1, -0.05) is 6.08 Å². The normalized spacial score (nSPS) is 39.2. The van der Waals surface area contributed by atoms with Crippen LogP contribution in [0.25, 0.3) is 0 Å². The topological polar surface area (TPSA) is 46.2 Å². The van der Waals surface area contributed by atoms with Gasteiger partial charge in [0.25, 0.3) is 0 Å². The molecule has 2 saturated heterocycles. The van der Waals surface area contributed by atoms with E-state index in [0.717, 1.165) is 0 Å². The number of ether oxygens (including phenoxy) is 5. The molecule has 98 valence electrons. The van der Waals surface area contributed by atoms with Crippen molar-refractivity contribution in [3.63, 3.8) is 0 Å². The van der Waals surface area contributed by atoms with Gasteiger partial charge in [-0.05, 0) is 13.8 Å². The summed E-state index contributed by atoms with van der Waals surface area (Å²) < 4.78 is 28.0. The van der Waals surface area contributed by atoms with E-state index in [9.17, 15) is 0 Å². The summed E-state index contributed by atoms with van der Waals surface area (Å²) in [5, 5.41) is 0. The third kappa shape index (κ3) is 2.69. The number of methoxy groups -OCH3 is 1. The van der Waals surface area contributed by atoms with Crippen LogP contribution in [-0.4, -0.2) is 50.7 Å². The summed E-state index contributed by atoms with van der Waals surface area (Å²) in [5.41, 5.74) is 0. The van der Waals surface area contributed by atoms with E-state index in [4.69, 9.17) is 23.7 Å². The Morgan fingerprint density at radius 1 is 1.35 bits per heavy atom. The molecule has 0 bridgehead atoms. The number of hydrogen-bond acceptors (Lipinski definition) is 5. The lowest BCUT2D eigenvalue weighted by molar-refractivity contribution is -0.222. The Morgan fingerprint density at radius 3 is 2.76 bits per heavy atom. The number of fused-ring (bicyclic) bond motifs is 1. The quantitative estimate of drug-likeness (QED) is 0.677. The van der Waals surface area contributed by atoms with E-state index in [1.54, 1.807) is 13.2 Å². The molecule has 0 amide bonds. The van der Waals surface area contributed by atoms with Crippen molar-refractivity contribution in [3.8, 4) is 0 Å². The van der Waals surface area contributed by atoms with Gasteiger partial charge in [-0.2, -0.15) is 0 Å². The Labute approximate surface area is 102 Å². The lowest BCUT2D eigenvalue weighted by Crippen LogP contribution is -2.38. The van der Waals surface area contributed by atoms with Crippen molar-refractivity contribution >= 4 is 0 Å². The van der Waals surface area contributed by atoms with Crippen molar-refractivity contribution in [2.75, 3.05) is 20.3 Å². The third-order valence-corrected chi connectivity index (χ3v) is 2.82. The zero-order valence-electron chi connectivity index (χ0n) is 10.5. The minimum atomic E-state index is -0.622. The first kappa shape index (κ1) is 13.0. The first-order chi connectivity index (χ1) is 8.07. The highest BCUT2D eigenvalue weighted by Crippen LogP contribution is 2.38. The van der Waals surface area contributed by atoms with Crippen molar-refractivity contribution in [2.24, 2.45) is 0 Å². The minimum Gasteiger partial charge on any atom is -0.382 e. The van der Waals surface area contributed by atoms with Crippen LogP contribution in [0.5, 0.6) is 0 Å². The molecule has 17 heavy (non-hydrogen) atoms. The van der Waals surface area contributed by atoms with Crippen molar-refractivity contribution in [1.82, 2.24) is 0 Å². The fourth-order valence-electron chi connectivity index (χ4n) is 2.23. The summed E-state index contributed by atoms with van der Waals surface area (Å²) in [7, 11) is 1.63. The molecule has 5 heteroatoms. The monoisotopic (exact) mass is 244 g/mol. The average Bonchev–Trinajstić information content (AvgIpc) is 2.68. The number of rotatable bonds is 5. The van der Waals surface area contributed by atoms with Crippen LogP contribution < -0.4 is 0 Å².